The Hall–Kier alpha value is -0.590. The van der Waals surface area contributed by atoms with Crippen molar-refractivity contribution in [3.63, 3.8) is 0 Å². The van der Waals surface area contributed by atoms with E-state index in [-0.39, 0.29) is 0 Å². The Morgan fingerprint density at radius 3 is 2.46 bits per heavy atom. The first-order chi connectivity index (χ1) is 6.20. The molecule has 0 aliphatic rings. The lowest BCUT2D eigenvalue weighted by Crippen LogP contribution is -1.92. The molecule has 0 radical (unpaired) electrons. The summed E-state index contributed by atoms with van der Waals surface area (Å²) in [5, 5.41) is 0. The second-order valence-electron chi connectivity index (χ2n) is 3.99. The summed E-state index contributed by atoms with van der Waals surface area (Å²) in [4.78, 5) is 10.6. The van der Waals surface area contributed by atoms with Gasteiger partial charge in [-0.15, -0.1) is 0 Å². The van der Waals surface area contributed by atoms with Crippen LogP contribution in [0, 0.1) is 5.92 Å². The molecule has 1 heteroatoms. The number of carbonyl (C=O) groups is 1. The molecule has 0 saturated carbocycles. The first-order valence-electron chi connectivity index (χ1n) is 5.34. The van der Waals surface area contributed by atoms with E-state index in [0.717, 1.165) is 24.7 Å². The van der Waals surface area contributed by atoms with E-state index in [2.05, 4.69) is 26.8 Å². The van der Waals surface area contributed by atoms with Crippen molar-refractivity contribution in [3.05, 3.63) is 11.6 Å². The van der Waals surface area contributed by atoms with Gasteiger partial charge in [0.25, 0.3) is 0 Å². The van der Waals surface area contributed by atoms with Gasteiger partial charge in [0.05, 0.1) is 0 Å². The summed E-state index contributed by atoms with van der Waals surface area (Å²) >= 11 is 0. The quantitative estimate of drug-likeness (QED) is 0.333. The molecule has 0 aromatic carbocycles. The van der Waals surface area contributed by atoms with Crippen LogP contribution in [0.3, 0.4) is 0 Å². The molecule has 0 N–H and O–H groups in total. The summed E-state index contributed by atoms with van der Waals surface area (Å²) in [6.07, 6.45) is 8.82. The van der Waals surface area contributed by atoms with E-state index in [1.807, 2.05) is 0 Å². The average Bonchev–Trinajstić information content (AvgIpc) is 2.09. The maximum absolute atomic E-state index is 10.6. The van der Waals surface area contributed by atoms with Gasteiger partial charge in [0.15, 0.2) is 0 Å². The highest BCUT2D eigenvalue weighted by Gasteiger charge is 1.98. The lowest BCUT2D eigenvalue weighted by atomic mass is 10.0. The van der Waals surface area contributed by atoms with Crippen LogP contribution in [0.1, 0.15) is 52.9 Å². The summed E-state index contributed by atoms with van der Waals surface area (Å²) in [7, 11) is 0. The lowest BCUT2D eigenvalue weighted by molar-refractivity contribution is -0.105. The third-order valence-electron chi connectivity index (χ3n) is 2.01. The van der Waals surface area contributed by atoms with Crippen LogP contribution >= 0.6 is 0 Å². The molecule has 0 aromatic heterocycles. The summed E-state index contributed by atoms with van der Waals surface area (Å²) < 4.78 is 0. The fourth-order valence-corrected chi connectivity index (χ4v) is 1.33. The molecule has 0 rings (SSSR count). The van der Waals surface area contributed by atoms with Gasteiger partial charge in [-0.25, -0.2) is 0 Å². The van der Waals surface area contributed by atoms with Crippen LogP contribution in [0.2, 0.25) is 0 Å². The molecule has 0 saturated heterocycles. The van der Waals surface area contributed by atoms with E-state index in [0.29, 0.717) is 5.92 Å². The predicted molar refractivity (Wildman–Crippen MR) is 57.7 cm³/mol. The van der Waals surface area contributed by atoms with Gasteiger partial charge in [0.1, 0.15) is 6.29 Å². The van der Waals surface area contributed by atoms with Crippen molar-refractivity contribution in [2.24, 2.45) is 5.92 Å². The SMILES string of the molecule is CCCCC/C=C(/C=O)CC(C)C. The highest BCUT2D eigenvalue weighted by molar-refractivity contribution is 5.72. The van der Waals surface area contributed by atoms with Crippen molar-refractivity contribution < 1.29 is 4.79 Å². The van der Waals surface area contributed by atoms with Gasteiger partial charge in [0.2, 0.25) is 0 Å². The van der Waals surface area contributed by atoms with Gasteiger partial charge in [-0.1, -0.05) is 39.7 Å². The highest BCUT2D eigenvalue weighted by Crippen LogP contribution is 2.10. The number of allylic oxidation sites excluding steroid dienone is 2. The van der Waals surface area contributed by atoms with Crippen molar-refractivity contribution in [3.8, 4) is 0 Å². The van der Waals surface area contributed by atoms with Crippen LogP contribution in [-0.4, -0.2) is 6.29 Å². The van der Waals surface area contributed by atoms with E-state index in [4.69, 9.17) is 0 Å². The summed E-state index contributed by atoms with van der Waals surface area (Å²) in [6, 6.07) is 0. The molecule has 1 nitrogen and oxygen atoms in total. The third-order valence-corrected chi connectivity index (χ3v) is 2.01. The van der Waals surface area contributed by atoms with Crippen molar-refractivity contribution >= 4 is 6.29 Å². The maximum Gasteiger partial charge on any atom is 0.145 e. The van der Waals surface area contributed by atoms with Crippen LogP contribution < -0.4 is 0 Å². The molecule has 0 aromatic rings. The molecule has 76 valence electrons. The van der Waals surface area contributed by atoms with E-state index in [9.17, 15) is 4.79 Å². The van der Waals surface area contributed by atoms with Crippen molar-refractivity contribution in [1.82, 2.24) is 0 Å². The van der Waals surface area contributed by atoms with Crippen LogP contribution in [0.15, 0.2) is 11.6 Å². The van der Waals surface area contributed by atoms with Gasteiger partial charge >= 0.3 is 0 Å². The molecule has 0 spiro atoms. The second-order valence-corrected chi connectivity index (χ2v) is 3.99. The van der Waals surface area contributed by atoms with Gasteiger partial charge in [-0.3, -0.25) is 4.79 Å². The fourth-order valence-electron chi connectivity index (χ4n) is 1.33. The molecule has 0 atom stereocenters. The van der Waals surface area contributed by atoms with E-state index in [1.165, 1.54) is 19.3 Å². The molecule has 0 aliphatic heterocycles. The lowest BCUT2D eigenvalue weighted by Gasteiger charge is -2.03. The van der Waals surface area contributed by atoms with Crippen LogP contribution in [0.4, 0.5) is 0 Å². The largest absolute Gasteiger partial charge is 0.298 e. The molecule has 0 unspecified atom stereocenters. The van der Waals surface area contributed by atoms with Crippen LogP contribution in [0.25, 0.3) is 0 Å². The monoisotopic (exact) mass is 182 g/mol. The van der Waals surface area contributed by atoms with Crippen molar-refractivity contribution in [2.45, 2.75) is 52.9 Å². The zero-order chi connectivity index (χ0) is 10.1. The minimum absolute atomic E-state index is 0.586. The Bertz CT molecular complexity index is 157. The molecular formula is C12H22O. The zero-order valence-electron chi connectivity index (χ0n) is 9.18. The number of hydrogen-bond acceptors (Lipinski definition) is 1. The van der Waals surface area contributed by atoms with E-state index in [1.54, 1.807) is 0 Å². The molecule has 0 fully saturated rings. The minimum atomic E-state index is 0.586. The van der Waals surface area contributed by atoms with Gasteiger partial charge < -0.3 is 0 Å². The standard InChI is InChI=1S/C12H22O/c1-4-5-6-7-8-12(10-13)9-11(2)3/h8,10-11H,4-7,9H2,1-3H3/b12-8+. The number of hydrogen-bond donors (Lipinski definition) is 0. The van der Waals surface area contributed by atoms with Crippen LogP contribution in [0.5, 0.6) is 0 Å². The summed E-state index contributed by atoms with van der Waals surface area (Å²) in [6.45, 7) is 6.48. The Morgan fingerprint density at radius 1 is 1.31 bits per heavy atom. The maximum atomic E-state index is 10.6. The molecule has 0 heterocycles. The van der Waals surface area contributed by atoms with E-state index >= 15 is 0 Å². The molecule has 0 aliphatic carbocycles. The molecular weight excluding hydrogens is 160 g/mol. The number of unbranched alkanes of at least 4 members (excludes halogenated alkanes) is 3. The minimum Gasteiger partial charge on any atom is -0.298 e. The first-order valence-corrected chi connectivity index (χ1v) is 5.34. The first kappa shape index (κ1) is 12.4. The van der Waals surface area contributed by atoms with Gasteiger partial charge in [-0.2, -0.15) is 0 Å². The normalized spacial score (nSPS) is 12.2. The molecule has 13 heavy (non-hydrogen) atoms. The zero-order valence-corrected chi connectivity index (χ0v) is 9.18. The summed E-state index contributed by atoms with van der Waals surface area (Å²) in [5.74, 6) is 0.586. The number of rotatable bonds is 7. The van der Waals surface area contributed by atoms with Gasteiger partial charge in [0, 0.05) is 0 Å². The van der Waals surface area contributed by atoms with Crippen molar-refractivity contribution in [2.75, 3.05) is 0 Å². The van der Waals surface area contributed by atoms with Gasteiger partial charge in [-0.05, 0) is 30.8 Å². The molecule has 0 amide bonds. The number of carbonyl (C=O) groups excluding carboxylic acids is 1. The second kappa shape index (κ2) is 8.03. The molecule has 0 bridgehead atoms. The van der Waals surface area contributed by atoms with Crippen LogP contribution in [-0.2, 0) is 4.79 Å². The average molecular weight is 182 g/mol. The fraction of sp³-hybridized carbons (Fsp3) is 0.750. The Labute approximate surface area is 82.2 Å². The third kappa shape index (κ3) is 7.76. The Balaban J connectivity index is 3.71. The summed E-state index contributed by atoms with van der Waals surface area (Å²) in [5.41, 5.74) is 0.978. The van der Waals surface area contributed by atoms with Crippen molar-refractivity contribution in [1.29, 1.82) is 0 Å². The predicted octanol–water partition coefficient (Wildman–Crippen LogP) is 3.74. The smallest absolute Gasteiger partial charge is 0.145 e. The Kier molecular flexibility index (Phi) is 7.66. The number of aldehydes is 1. The van der Waals surface area contributed by atoms with E-state index < -0.39 is 0 Å². The topological polar surface area (TPSA) is 17.1 Å². The Morgan fingerprint density at radius 2 is 2.00 bits per heavy atom. The highest BCUT2D eigenvalue weighted by atomic mass is 16.1.